The first kappa shape index (κ1) is 26.0. The van der Waals surface area contributed by atoms with Gasteiger partial charge in [0.15, 0.2) is 17.3 Å². The van der Waals surface area contributed by atoms with Gasteiger partial charge in [-0.3, -0.25) is 19.2 Å². The number of hydrogen-bond acceptors (Lipinski definition) is 7. The van der Waals surface area contributed by atoms with Crippen LogP contribution in [0.5, 0.6) is 11.5 Å². The topological polar surface area (TPSA) is 98.8 Å². The molecule has 0 fully saturated rings. The van der Waals surface area contributed by atoms with Gasteiger partial charge in [-0.25, -0.2) is 0 Å². The Hall–Kier alpha value is -5.30. The molecular formula is C34H25NO6. The molecule has 0 heterocycles. The molecule has 41 heavy (non-hydrogen) atoms. The lowest BCUT2D eigenvalue weighted by Gasteiger charge is -2.25. The van der Waals surface area contributed by atoms with Crippen molar-refractivity contribution in [2.45, 2.75) is 13.8 Å². The van der Waals surface area contributed by atoms with Crippen LogP contribution in [0.15, 0.2) is 78.5 Å². The van der Waals surface area contributed by atoms with E-state index in [4.69, 9.17) is 9.47 Å². The number of aryl methyl sites for hydroxylation is 2. The third-order valence-electron chi connectivity index (χ3n) is 7.47. The summed E-state index contributed by atoms with van der Waals surface area (Å²) in [6, 6.07) is 18.4. The van der Waals surface area contributed by atoms with Crippen molar-refractivity contribution in [3.8, 4) is 11.5 Å². The van der Waals surface area contributed by atoms with Crippen LogP contribution in [0.1, 0.15) is 58.1 Å². The van der Waals surface area contributed by atoms with Crippen molar-refractivity contribution < 1.29 is 28.7 Å². The predicted molar refractivity (Wildman–Crippen MR) is 156 cm³/mol. The third-order valence-corrected chi connectivity index (χ3v) is 7.47. The second-order valence-electron chi connectivity index (χ2n) is 10.1. The smallest absolute Gasteiger partial charge is 0.213 e. The number of allylic oxidation sites excluding steroid dienone is 4. The Bertz CT molecular complexity index is 1930. The first-order valence-corrected chi connectivity index (χ1v) is 13.0. The summed E-state index contributed by atoms with van der Waals surface area (Å²) in [5.74, 6) is -1.24. The van der Waals surface area contributed by atoms with Gasteiger partial charge in [0.2, 0.25) is 5.78 Å². The van der Waals surface area contributed by atoms with Gasteiger partial charge in [-0.15, -0.1) is 0 Å². The van der Waals surface area contributed by atoms with Crippen LogP contribution in [0.25, 0.3) is 16.3 Å². The van der Waals surface area contributed by atoms with Crippen molar-refractivity contribution in [1.82, 2.24) is 0 Å². The number of ether oxygens (including phenoxy) is 2. The van der Waals surface area contributed by atoms with Crippen molar-refractivity contribution in [2.24, 2.45) is 0 Å². The molecule has 0 unspecified atom stereocenters. The molecule has 6 rings (SSSR count). The number of carbonyl (C=O) groups is 4. The van der Waals surface area contributed by atoms with Crippen molar-refractivity contribution in [2.75, 3.05) is 19.5 Å². The van der Waals surface area contributed by atoms with Crippen LogP contribution in [0, 0.1) is 13.8 Å². The number of nitrogens with one attached hydrogen (secondary N) is 1. The predicted octanol–water partition coefficient (Wildman–Crippen LogP) is 6.31. The third kappa shape index (κ3) is 4.14. The highest BCUT2D eigenvalue weighted by Gasteiger charge is 2.36. The number of methoxy groups -OCH3 is 2. The monoisotopic (exact) mass is 543 g/mol. The molecule has 2 aliphatic rings. The Morgan fingerprint density at radius 2 is 1.41 bits per heavy atom. The van der Waals surface area contributed by atoms with Gasteiger partial charge < -0.3 is 14.8 Å². The number of ketones is 4. The minimum atomic E-state index is -0.459. The average Bonchev–Trinajstić information content (AvgIpc) is 2.96. The van der Waals surface area contributed by atoms with Crippen LogP contribution in [0.3, 0.4) is 0 Å². The zero-order chi connectivity index (χ0) is 29.0. The molecule has 0 saturated heterocycles. The zero-order valence-corrected chi connectivity index (χ0v) is 22.9. The second kappa shape index (κ2) is 9.71. The van der Waals surface area contributed by atoms with Crippen molar-refractivity contribution in [1.29, 1.82) is 0 Å². The Morgan fingerprint density at radius 1 is 0.659 bits per heavy atom. The normalized spacial score (nSPS) is 14.3. The van der Waals surface area contributed by atoms with Crippen molar-refractivity contribution in [3.05, 3.63) is 117 Å². The molecule has 0 bridgehead atoms. The van der Waals surface area contributed by atoms with E-state index in [1.54, 1.807) is 25.1 Å². The van der Waals surface area contributed by atoms with E-state index in [9.17, 15) is 19.2 Å². The first-order valence-electron chi connectivity index (χ1n) is 13.0. The van der Waals surface area contributed by atoms with E-state index in [0.29, 0.717) is 22.6 Å². The second-order valence-corrected chi connectivity index (χ2v) is 10.1. The van der Waals surface area contributed by atoms with Gasteiger partial charge in [-0.2, -0.15) is 0 Å². The highest BCUT2D eigenvalue weighted by atomic mass is 16.5. The van der Waals surface area contributed by atoms with Crippen LogP contribution in [-0.2, 0) is 0 Å². The molecule has 0 amide bonds. The van der Waals surface area contributed by atoms with Gasteiger partial charge in [0, 0.05) is 34.0 Å². The number of anilines is 1. The molecule has 0 radical (unpaired) electrons. The summed E-state index contributed by atoms with van der Waals surface area (Å²) in [6.45, 7) is 3.53. The van der Waals surface area contributed by atoms with E-state index in [-0.39, 0.29) is 45.1 Å². The summed E-state index contributed by atoms with van der Waals surface area (Å²) < 4.78 is 11.1. The fourth-order valence-electron chi connectivity index (χ4n) is 5.62. The number of rotatable bonds is 5. The Labute approximate surface area is 236 Å². The molecule has 0 atom stereocenters. The summed E-state index contributed by atoms with van der Waals surface area (Å²) in [4.78, 5) is 54.2. The minimum absolute atomic E-state index is 0.0395. The van der Waals surface area contributed by atoms with E-state index in [2.05, 4.69) is 5.32 Å². The number of benzene rings is 4. The van der Waals surface area contributed by atoms with Gasteiger partial charge in [-0.1, -0.05) is 30.3 Å². The molecule has 7 heteroatoms. The maximum atomic E-state index is 13.9. The maximum absolute atomic E-state index is 13.9. The Kier molecular flexibility index (Phi) is 6.15. The summed E-state index contributed by atoms with van der Waals surface area (Å²) >= 11 is 0. The fraction of sp³-hybridized carbons (Fsp3) is 0.118. The van der Waals surface area contributed by atoms with E-state index in [1.165, 1.54) is 26.4 Å². The van der Waals surface area contributed by atoms with Crippen molar-refractivity contribution in [3.63, 3.8) is 0 Å². The molecule has 2 aliphatic carbocycles. The lowest BCUT2D eigenvalue weighted by Crippen LogP contribution is -2.24. The fourth-order valence-corrected chi connectivity index (χ4v) is 5.62. The Balaban J connectivity index is 1.46. The molecule has 7 nitrogen and oxygen atoms in total. The molecule has 0 aromatic heterocycles. The average molecular weight is 544 g/mol. The van der Waals surface area contributed by atoms with Crippen LogP contribution in [0.2, 0.25) is 0 Å². The summed E-state index contributed by atoms with van der Waals surface area (Å²) in [5, 5.41) is 5.11. The standard InChI is InChI=1S/C34H25NO6/c1-17-11-23-30(28(12-17)40-3)27(37)15-24(32(23)38)29-18(2)13-22-26(36)16-25(33(39)31(22)34(29)41-4)35-21-10-9-19-7-5-6-8-20(19)14-21/h5-16,35H,1-4H3. The van der Waals surface area contributed by atoms with Gasteiger partial charge in [0.1, 0.15) is 11.5 Å². The highest BCUT2D eigenvalue weighted by molar-refractivity contribution is 6.40. The largest absolute Gasteiger partial charge is 0.496 e. The highest BCUT2D eigenvalue weighted by Crippen LogP contribution is 2.42. The molecular weight excluding hydrogens is 518 g/mol. The van der Waals surface area contributed by atoms with Gasteiger partial charge >= 0.3 is 0 Å². The summed E-state index contributed by atoms with van der Waals surface area (Å²) in [7, 11) is 2.82. The molecule has 4 aromatic carbocycles. The van der Waals surface area contributed by atoms with Gasteiger partial charge in [-0.05, 0) is 72.2 Å². The van der Waals surface area contributed by atoms with E-state index in [0.717, 1.165) is 16.3 Å². The van der Waals surface area contributed by atoms with E-state index >= 15 is 0 Å². The SMILES string of the molecule is COc1cc(C)cc2c1C(=O)C=C(c1c(C)cc3c(c1OC)C(=O)C(Nc1ccc4ccccc4c1)=CC3=O)C2=O. The van der Waals surface area contributed by atoms with Crippen LogP contribution >= 0.6 is 0 Å². The lowest BCUT2D eigenvalue weighted by molar-refractivity contribution is 0.0982. The number of hydrogen-bond donors (Lipinski definition) is 1. The summed E-state index contributed by atoms with van der Waals surface area (Å²) in [5.41, 5.74) is 3.00. The van der Waals surface area contributed by atoms with Crippen LogP contribution in [0.4, 0.5) is 5.69 Å². The minimum Gasteiger partial charge on any atom is -0.496 e. The van der Waals surface area contributed by atoms with Gasteiger partial charge in [0.25, 0.3) is 0 Å². The molecule has 202 valence electrons. The molecule has 0 saturated carbocycles. The molecule has 1 N–H and O–H groups in total. The van der Waals surface area contributed by atoms with Crippen LogP contribution < -0.4 is 14.8 Å². The maximum Gasteiger partial charge on any atom is 0.213 e. The Morgan fingerprint density at radius 3 is 2.15 bits per heavy atom. The van der Waals surface area contributed by atoms with E-state index in [1.807, 2.05) is 49.4 Å². The van der Waals surface area contributed by atoms with E-state index < -0.39 is 17.3 Å². The number of Topliss-reactive ketones (excluding diaryl/α,β-unsaturated/α-hetero) is 2. The zero-order valence-electron chi connectivity index (χ0n) is 22.9. The molecule has 0 aliphatic heterocycles. The lowest BCUT2D eigenvalue weighted by atomic mass is 9.80. The molecule has 0 spiro atoms. The van der Waals surface area contributed by atoms with Crippen molar-refractivity contribution >= 4 is 45.2 Å². The summed E-state index contributed by atoms with van der Waals surface area (Å²) in [6.07, 6.45) is 2.53. The first-order chi connectivity index (χ1) is 19.7. The molecule has 4 aromatic rings. The van der Waals surface area contributed by atoms with Crippen LogP contribution in [-0.4, -0.2) is 37.4 Å². The number of fused-ring (bicyclic) bond motifs is 3. The quantitative estimate of drug-likeness (QED) is 0.315. The number of carbonyl (C=O) groups excluding carboxylic acids is 4. The van der Waals surface area contributed by atoms with Gasteiger partial charge in [0.05, 0.1) is 31.0 Å².